The molecule has 0 heterocycles. The van der Waals surface area contributed by atoms with Crippen molar-refractivity contribution < 1.29 is 23.5 Å². The minimum Gasteiger partial charge on any atom is -0.497 e. The number of rotatable bonds is 7. The van der Waals surface area contributed by atoms with Crippen LogP contribution in [0.25, 0.3) is 0 Å². The van der Waals surface area contributed by atoms with Crippen molar-refractivity contribution in [1.29, 1.82) is 0 Å². The molecule has 0 unspecified atom stereocenters. The van der Waals surface area contributed by atoms with Crippen LogP contribution in [0.15, 0.2) is 42.5 Å². The Kier molecular flexibility index (Phi) is 5.89. The van der Waals surface area contributed by atoms with E-state index in [0.717, 1.165) is 17.4 Å². The van der Waals surface area contributed by atoms with Crippen LogP contribution in [-0.2, 0) is 11.3 Å². The molecule has 0 spiro atoms. The molecule has 0 aliphatic heterocycles. The first-order valence-electron chi connectivity index (χ1n) is 7.32. The van der Waals surface area contributed by atoms with Gasteiger partial charge in [-0.1, -0.05) is 12.1 Å². The molecule has 2 aromatic rings. The van der Waals surface area contributed by atoms with Crippen molar-refractivity contribution in [2.45, 2.75) is 13.5 Å². The third-order valence-electron chi connectivity index (χ3n) is 3.33. The molecule has 0 saturated carbocycles. The second-order valence-corrected chi connectivity index (χ2v) is 5.11. The summed E-state index contributed by atoms with van der Waals surface area (Å²) >= 11 is 0. The summed E-state index contributed by atoms with van der Waals surface area (Å²) in [5.41, 5.74) is 1.02. The maximum atomic E-state index is 13.2. The lowest BCUT2D eigenvalue weighted by molar-refractivity contribution is -0.123. The summed E-state index contributed by atoms with van der Waals surface area (Å²) in [6, 6.07) is 10.9. The monoisotopic (exact) mass is 331 g/mol. The van der Waals surface area contributed by atoms with Crippen LogP contribution in [0.1, 0.15) is 22.8 Å². The molecule has 0 aromatic heterocycles. The Morgan fingerprint density at radius 3 is 2.46 bits per heavy atom. The average Bonchev–Trinajstić information content (AvgIpc) is 2.59. The molecule has 0 saturated heterocycles. The Bertz CT molecular complexity index is 728. The molecule has 2 rings (SSSR count). The highest BCUT2D eigenvalue weighted by atomic mass is 19.1. The van der Waals surface area contributed by atoms with E-state index in [1.54, 1.807) is 19.2 Å². The van der Waals surface area contributed by atoms with Gasteiger partial charge in [0, 0.05) is 6.54 Å². The summed E-state index contributed by atoms with van der Waals surface area (Å²) in [5.74, 6) is -0.283. The summed E-state index contributed by atoms with van der Waals surface area (Å²) in [4.78, 5) is 23.3. The summed E-state index contributed by atoms with van der Waals surface area (Å²) in [6.45, 7) is 1.39. The lowest BCUT2D eigenvalue weighted by Crippen LogP contribution is -2.28. The Balaban J connectivity index is 1.88. The van der Waals surface area contributed by atoms with Gasteiger partial charge in [-0.2, -0.15) is 0 Å². The Morgan fingerprint density at radius 1 is 1.12 bits per heavy atom. The second kappa shape index (κ2) is 8.10. The highest BCUT2D eigenvalue weighted by Crippen LogP contribution is 2.20. The molecule has 1 amide bonds. The van der Waals surface area contributed by atoms with Crippen molar-refractivity contribution in [3.05, 3.63) is 59.4 Å². The molecule has 2 aromatic carbocycles. The number of nitrogens with one attached hydrogen (secondary N) is 1. The fourth-order valence-electron chi connectivity index (χ4n) is 2.04. The number of carbonyl (C=O) groups is 2. The number of amides is 1. The number of carbonyl (C=O) groups excluding carboxylic acids is 2. The fourth-order valence-corrected chi connectivity index (χ4v) is 2.04. The van der Waals surface area contributed by atoms with Crippen LogP contribution < -0.4 is 14.8 Å². The van der Waals surface area contributed by atoms with Gasteiger partial charge in [0.15, 0.2) is 12.4 Å². The van der Waals surface area contributed by atoms with Gasteiger partial charge in [0.25, 0.3) is 5.91 Å². The van der Waals surface area contributed by atoms with E-state index < -0.39 is 5.82 Å². The zero-order chi connectivity index (χ0) is 17.5. The Hall–Kier alpha value is -2.89. The van der Waals surface area contributed by atoms with Crippen molar-refractivity contribution >= 4 is 11.7 Å². The third-order valence-corrected chi connectivity index (χ3v) is 3.33. The van der Waals surface area contributed by atoms with Crippen LogP contribution in [0.4, 0.5) is 4.39 Å². The molecule has 0 bridgehead atoms. The summed E-state index contributed by atoms with van der Waals surface area (Å²) in [7, 11) is 1.58. The van der Waals surface area contributed by atoms with Crippen LogP contribution in [0.3, 0.4) is 0 Å². The quantitative estimate of drug-likeness (QED) is 0.792. The van der Waals surface area contributed by atoms with Crippen LogP contribution >= 0.6 is 0 Å². The number of ether oxygens (including phenoxy) is 2. The first-order chi connectivity index (χ1) is 11.5. The molecule has 0 radical (unpaired) electrons. The molecular weight excluding hydrogens is 313 g/mol. The van der Waals surface area contributed by atoms with E-state index in [2.05, 4.69) is 5.32 Å². The lowest BCUT2D eigenvalue weighted by Gasteiger charge is -2.10. The predicted octanol–water partition coefficient (Wildman–Crippen LogP) is 2.73. The minimum absolute atomic E-state index is 0.109. The van der Waals surface area contributed by atoms with Gasteiger partial charge >= 0.3 is 0 Å². The number of halogens is 1. The molecule has 5 nitrogen and oxygen atoms in total. The third kappa shape index (κ3) is 4.81. The van der Waals surface area contributed by atoms with Gasteiger partial charge < -0.3 is 14.8 Å². The maximum Gasteiger partial charge on any atom is 0.258 e. The maximum absolute atomic E-state index is 13.2. The molecule has 1 N–H and O–H groups in total. The van der Waals surface area contributed by atoms with Gasteiger partial charge in [0.2, 0.25) is 0 Å². The minimum atomic E-state index is -0.531. The van der Waals surface area contributed by atoms with Crippen LogP contribution in [0, 0.1) is 5.82 Å². The number of hydrogen-bond acceptors (Lipinski definition) is 4. The van der Waals surface area contributed by atoms with Gasteiger partial charge in [-0.15, -0.1) is 0 Å². The number of benzene rings is 2. The molecule has 0 aliphatic rings. The highest BCUT2D eigenvalue weighted by Gasteiger charge is 2.11. The normalized spacial score (nSPS) is 10.1. The van der Waals surface area contributed by atoms with E-state index in [9.17, 15) is 14.0 Å². The van der Waals surface area contributed by atoms with Crippen LogP contribution in [0.5, 0.6) is 11.5 Å². The van der Waals surface area contributed by atoms with Crippen molar-refractivity contribution in [1.82, 2.24) is 5.32 Å². The lowest BCUT2D eigenvalue weighted by atomic mass is 10.1. The first-order valence-corrected chi connectivity index (χ1v) is 7.32. The smallest absolute Gasteiger partial charge is 0.258 e. The van der Waals surface area contributed by atoms with Crippen molar-refractivity contribution in [2.24, 2.45) is 0 Å². The van der Waals surface area contributed by atoms with Gasteiger partial charge in [0.05, 0.1) is 12.7 Å². The fraction of sp³-hybridized carbons (Fsp3) is 0.222. The van der Waals surface area contributed by atoms with Gasteiger partial charge in [-0.25, -0.2) is 4.39 Å². The average molecular weight is 331 g/mol. The Labute approximate surface area is 139 Å². The number of Topliss-reactive ketones (excluding diaryl/α,β-unsaturated/α-hetero) is 1. The zero-order valence-electron chi connectivity index (χ0n) is 13.5. The van der Waals surface area contributed by atoms with E-state index in [4.69, 9.17) is 9.47 Å². The molecule has 0 atom stereocenters. The standard InChI is InChI=1S/C18H18FNO4/c1-12(21)16-9-14(19)5-8-17(16)24-11-18(22)20-10-13-3-6-15(23-2)7-4-13/h3-9H,10-11H2,1-2H3,(H,20,22). The molecule has 6 heteroatoms. The number of methoxy groups -OCH3 is 1. The van der Waals surface area contributed by atoms with E-state index in [-0.39, 0.29) is 29.6 Å². The zero-order valence-corrected chi connectivity index (χ0v) is 13.5. The molecule has 0 fully saturated rings. The van der Waals surface area contributed by atoms with E-state index >= 15 is 0 Å². The van der Waals surface area contributed by atoms with E-state index in [0.29, 0.717) is 6.54 Å². The molecular formula is C18H18FNO4. The summed E-state index contributed by atoms with van der Waals surface area (Å²) in [5, 5.41) is 2.70. The predicted molar refractivity (Wildman–Crippen MR) is 86.7 cm³/mol. The SMILES string of the molecule is COc1ccc(CNC(=O)COc2ccc(F)cc2C(C)=O)cc1. The topological polar surface area (TPSA) is 64.6 Å². The van der Waals surface area contributed by atoms with Crippen molar-refractivity contribution in [3.63, 3.8) is 0 Å². The van der Waals surface area contributed by atoms with Crippen molar-refractivity contribution in [3.8, 4) is 11.5 Å². The van der Waals surface area contributed by atoms with Crippen LogP contribution in [0.2, 0.25) is 0 Å². The largest absolute Gasteiger partial charge is 0.497 e. The first kappa shape index (κ1) is 17.5. The number of hydrogen-bond donors (Lipinski definition) is 1. The second-order valence-electron chi connectivity index (χ2n) is 5.11. The van der Waals surface area contributed by atoms with E-state index in [1.165, 1.54) is 19.1 Å². The number of ketones is 1. The Morgan fingerprint density at radius 2 is 1.83 bits per heavy atom. The van der Waals surface area contributed by atoms with Crippen molar-refractivity contribution in [2.75, 3.05) is 13.7 Å². The van der Waals surface area contributed by atoms with E-state index in [1.807, 2.05) is 12.1 Å². The van der Waals surface area contributed by atoms with Gasteiger partial charge in [-0.3, -0.25) is 9.59 Å². The summed E-state index contributed by atoms with van der Waals surface area (Å²) in [6.07, 6.45) is 0. The summed E-state index contributed by atoms with van der Waals surface area (Å²) < 4.78 is 23.6. The molecule has 24 heavy (non-hydrogen) atoms. The molecule has 126 valence electrons. The molecule has 0 aliphatic carbocycles. The van der Waals surface area contributed by atoms with Gasteiger partial charge in [0.1, 0.15) is 17.3 Å². The van der Waals surface area contributed by atoms with Gasteiger partial charge in [-0.05, 0) is 42.8 Å². The van der Waals surface area contributed by atoms with Crippen LogP contribution in [-0.4, -0.2) is 25.4 Å². The highest BCUT2D eigenvalue weighted by molar-refractivity contribution is 5.96.